The van der Waals surface area contributed by atoms with Crippen LogP contribution in [0.25, 0.3) is 0 Å². The van der Waals surface area contributed by atoms with Gasteiger partial charge in [-0.15, -0.1) is 0 Å². The van der Waals surface area contributed by atoms with Gasteiger partial charge in [-0.1, -0.05) is 25.1 Å². The molecule has 0 aromatic heterocycles. The van der Waals surface area contributed by atoms with E-state index in [1.165, 1.54) is 0 Å². The van der Waals surface area contributed by atoms with Gasteiger partial charge in [-0.2, -0.15) is 0 Å². The smallest absolute Gasteiger partial charge is 0.315 e. The lowest BCUT2D eigenvalue weighted by Crippen LogP contribution is -2.37. The molecule has 0 radical (unpaired) electrons. The third-order valence-electron chi connectivity index (χ3n) is 5.15. The van der Waals surface area contributed by atoms with Crippen molar-refractivity contribution < 1.29 is 19.1 Å². The van der Waals surface area contributed by atoms with E-state index in [9.17, 15) is 9.59 Å². The van der Waals surface area contributed by atoms with Crippen molar-refractivity contribution in [2.45, 2.75) is 65.4 Å². The molecular weight excluding hydrogens is 354 g/mol. The van der Waals surface area contributed by atoms with Gasteiger partial charge in [0.25, 0.3) is 0 Å². The van der Waals surface area contributed by atoms with Crippen LogP contribution in [0.15, 0.2) is 40.5 Å². The van der Waals surface area contributed by atoms with Crippen LogP contribution in [0.4, 0.5) is 0 Å². The van der Waals surface area contributed by atoms with E-state index in [1.54, 1.807) is 0 Å². The van der Waals surface area contributed by atoms with Crippen LogP contribution in [0.3, 0.4) is 0 Å². The number of aliphatic imine (C=N–C) groups is 1. The minimum atomic E-state index is -0.607. The summed E-state index contributed by atoms with van der Waals surface area (Å²) in [6.07, 6.45) is 2.79. The number of Topliss-reactive ketones (excluding diaryl/α,β-unsaturated/α-hetero) is 1. The molecule has 1 aromatic carbocycles. The van der Waals surface area contributed by atoms with E-state index < -0.39 is 11.8 Å². The predicted molar refractivity (Wildman–Crippen MR) is 109 cm³/mol. The first kappa shape index (κ1) is 20.3. The summed E-state index contributed by atoms with van der Waals surface area (Å²) in [5, 5.41) is 0. The molecule has 2 atom stereocenters. The highest BCUT2D eigenvalue weighted by atomic mass is 16.5. The summed E-state index contributed by atoms with van der Waals surface area (Å²) in [5.74, 6) is -0.563. The Balaban J connectivity index is 2.14. The lowest BCUT2D eigenvalue weighted by Gasteiger charge is -2.35. The topological polar surface area (TPSA) is 65.0 Å². The fourth-order valence-electron chi connectivity index (χ4n) is 4.04. The number of hydrogen-bond acceptors (Lipinski definition) is 5. The van der Waals surface area contributed by atoms with Gasteiger partial charge < -0.3 is 9.47 Å². The van der Waals surface area contributed by atoms with E-state index in [2.05, 4.69) is 4.99 Å². The number of nitrogens with zero attached hydrogens (tertiary/aromatic N) is 1. The van der Waals surface area contributed by atoms with Gasteiger partial charge in [0.15, 0.2) is 5.78 Å². The first-order valence-corrected chi connectivity index (χ1v) is 10.2. The first-order chi connectivity index (χ1) is 13.4. The lowest BCUT2D eigenvalue weighted by molar-refractivity contribution is -0.146. The van der Waals surface area contributed by atoms with Crippen molar-refractivity contribution in [2.24, 2.45) is 10.9 Å². The molecule has 0 spiro atoms. The highest BCUT2D eigenvalue weighted by Crippen LogP contribution is 2.46. The van der Waals surface area contributed by atoms with Gasteiger partial charge in [-0.05, 0) is 46.1 Å². The maximum Gasteiger partial charge on any atom is 0.315 e. The van der Waals surface area contributed by atoms with Crippen molar-refractivity contribution in [1.29, 1.82) is 0 Å². The summed E-state index contributed by atoms with van der Waals surface area (Å²) in [6, 6.07) is 7.69. The summed E-state index contributed by atoms with van der Waals surface area (Å²) in [5.41, 5.74) is 3.04. The van der Waals surface area contributed by atoms with Gasteiger partial charge in [0.05, 0.1) is 12.7 Å². The van der Waals surface area contributed by atoms with Crippen LogP contribution in [-0.2, 0) is 14.3 Å². The van der Waals surface area contributed by atoms with E-state index in [1.807, 2.05) is 52.0 Å². The Kier molecular flexibility index (Phi) is 6.32. The van der Waals surface area contributed by atoms with Crippen molar-refractivity contribution in [1.82, 2.24) is 0 Å². The molecule has 3 rings (SSSR count). The molecule has 0 amide bonds. The fraction of sp³-hybridized carbons (Fsp3) is 0.522. The molecule has 5 nitrogen and oxygen atoms in total. The molecule has 5 heteroatoms. The van der Waals surface area contributed by atoms with Crippen molar-refractivity contribution >= 4 is 17.5 Å². The number of para-hydroxylation sites is 1. The molecule has 1 heterocycles. The minimum Gasteiger partial charge on any atom is -0.491 e. The Morgan fingerprint density at radius 2 is 2.00 bits per heavy atom. The summed E-state index contributed by atoms with van der Waals surface area (Å²) < 4.78 is 11.5. The number of hydrogen-bond donors (Lipinski definition) is 0. The van der Waals surface area contributed by atoms with E-state index in [0.29, 0.717) is 30.1 Å². The second-order valence-corrected chi connectivity index (χ2v) is 7.72. The van der Waals surface area contributed by atoms with Gasteiger partial charge in [0, 0.05) is 34.9 Å². The number of ketones is 1. The van der Waals surface area contributed by atoms with Crippen LogP contribution in [0.2, 0.25) is 0 Å². The Morgan fingerprint density at radius 3 is 2.71 bits per heavy atom. The summed E-state index contributed by atoms with van der Waals surface area (Å²) in [6.45, 7) is 8.12. The van der Waals surface area contributed by atoms with Crippen molar-refractivity contribution in [3.05, 3.63) is 41.1 Å². The van der Waals surface area contributed by atoms with Crippen molar-refractivity contribution in [3.63, 3.8) is 0 Å². The highest BCUT2D eigenvalue weighted by Gasteiger charge is 2.44. The number of allylic oxidation sites excluding steroid dienone is 2. The minimum absolute atomic E-state index is 0.0134. The number of rotatable bonds is 6. The number of ether oxygens (including phenoxy) is 2. The highest BCUT2D eigenvalue weighted by molar-refractivity contribution is 6.09. The molecule has 2 aliphatic rings. The molecule has 1 unspecified atom stereocenters. The van der Waals surface area contributed by atoms with Crippen LogP contribution in [0.1, 0.15) is 64.9 Å². The number of carbonyl (C=O) groups excluding carboxylic acids is 2. The summed E-state index contributed by atoms with van der Waals surface area (Å²) >= 11 is 0. The van der Waals surface area contributed by atoms with Gasteiger partial charge >= 0.3 is 5.97 Å². The maximum absolute atomic E-state index is 13.0. The second-order valence-electron chi connectivity index (χ2n) is 7.72. The molecule has 0 fully saturated rings. The quantitative estimate of drug-likeness (QED) is 0.673. The average Bonchev–Trinajstić information content (AvgIpc) is 2.65. The zero-order valence-corrected chi connectivity index (χ0v) is 17.2. The van der Waals surface area contributed by atoms with Crippen LogP contribution in [0.5, 0.6) is 5.75 Å². The number of carbonyl (C=O) groups is 2. The number of esters is 1. The molecular formula is C23H29NO4. The van der Waals surface area contributed by atoms with E-state index in [-0.39, 0.29) is 17.9 Å². The van der Waals surface area contributed by atoms with Gasteiger partial charge in [-0.25, -0.2) is 0 Å². The molecule has 0 N–H and O–H groups in total. The van der Waals surface area contributed by atoms with Crippen LogP contribution in [-0.4, -0.2) is 30.2 Å². The Bertz CT molecular complexity index is 822. The molecule has 0 saturated carbocycles. The first-order valence-electron chi connectivity index (χ1n) is 10.2. The van der Waals surface area contributed by atoms with Gasteiger partial charge in [0.2, 0.25) is 0 Å². The maximum atomic E-state index is 13.0. The van der Waals surface area contributed by atoms with Crippen LogP contribution in [0, 0.1) is 5.92 Å². The molecule has 1 aliphatic carbocycles. The van der Waals surface area contributed by atoms with E-state index in [0.717, 1.165) is 30.5 Å². The predicted octanol–water partition coefficient (Wildman–Crippen LogP) is 4.61. The molecule has 1 aliphatic heterocycles. The fourth-order valence-corrected chi connectivity index (χ4v) is 4.04. The molecule has 0 bridgehead atoms. The van der Waals surface area contributed by atoms with Crippen LogP contribution >= 0.6 is 0 Å². The Hall–Kier alpha value is -2.43. The normalized spacial score (nSPS) is 22.0. The molecule has 150 valence electrons. The SMILES string of the molecule is CCCOC(=O)C1C(C)=NC2=C(C(=O)CCC2)[C@@H]1c1ccccc1OC(C)C. The lowest BCUT2D eigenvalue weighted by atomic mass is 9.71. The standard InChI is InChI=1S/C23H29NO4/c1-5-13-27-23(26)20-15(4)24-17-10-8-11-18(25)22(17)21(20)16-9-6-7-12-19(16)28-14(2)3/h6-7,9,12,14,20-21H,5,8,10-11,13H2,1-4H3/t20?,21-/m1/s1. The molecule has 0 saturated heterocycles. The van der Waals surface area contributed by atoms with Crippen molar-refractivity contribution in [3.8, 4) is 5.75 Å². The van der Waals surface area contributed by atoms with E-state index in [4.69, 9.17) is 9.47 Å². The van der Waals surface area contributed by atoms with Gasteiger partial charge in [-0.3, -0.25) is 14.6 Å². The van der Waals surface area contributed by atoms with Crippen molar-refractivity contribution in [2.75, 3.05) is 6.61 Å². The molecule has 28 heavy (non-hydrogen) atoms. The second kappa shape index (κ2) is 8.72. The number of benzene rings is 1. The van der Waals surface area contributed by atoms with Crippen LogP contribution < -0.4 is 4.74 Å². The Morgan fingerprint density at radius 1 is 1.25 bits per heavy atom. The third kappa shape index (κ3) is 4.03. The van der Waals surface area contributed by atoms with Gasteiger partial charge in [0.1, 0.15) is 11.7 Å². The summed E-state index contributed by atoms with van der Waals surface area (Å²) in [7, 11) is 0. The Labute approximate surface area is 166 Å². The summed E-state index contributed by atoms with van der Waals surface area (Å²) in [4.78, 5) is 30.6. The third-order valence-corrected chi connectivity index (χ3v) is 5.15. The van der Waals surface area contributed by atoms with E-state index >= 15 is 0 Å². The zero-order chi connectivity index (χ0) is 20.3. The largest absolute Gasteiger partial charge is 0.491 e. The monoisotopic (exact) mass is 383 g/mol. The zero-order valence-electron chi connectivity index (χ0n) is 17.2. The molecule has 1 aromatic rings. The average molecular weight is 383 g/mol.